The highest BCUT2D eigenvalue weighted by Gasteiger charge is 2.42. The first-order valence-corrected chi connectivity index (χ1v) is 9.84. The maximum absolute atomic E-state index is 13.2. The van der Waals surface area contributed by atoms with Crippen LogP contribution in [0.4, 0.5) is 0 Å². The molecule has 2 N–H and O–H groups in total. The molecule has 0 saturated carbocycles. The molecule has 2 aromatic carbocycles. The number of nitrogens with one attached hydrogen (secondary N) is 1. The van der Waals surface area contributed by atoms with Gasteiger partial charge in [0.1, 0.15) is 0 Å². The third-order valence-electron chi connectivity index (χ3n) is 4.81. The first-order chi connectivity index (χ1) is 11.9. The van der Waals surface area contributed by atoms with E-state index in [1.807, 2.05) is 37.3 Å². The molecule has 132 valence electrons. The van der Waals surface area contributed by atoms with Gasteiger partial charge < -0.3 is 10.4 Å². The van der Waals surface area contributed by atoms with E-state index in [2.05, 4.69) is 5.32 Å². The molecule has 2 unspecified atom stereocenters. The van der Waals surface area contributed by atoms with Gasteiger partial charge in [0.25, 0.3) is 0 Å². The average Bonchev–Trinajstić information content (AvgIpc) is 2.59. The van der Waals surface area contributed by atoms with Gasteiger partial charge >= 0.3 is 5.97 Å². The number of hydrogen-bond acceptors (Lipinski definition) is 4. The van der Waals surface area contributed by atoms with Gasteiger partial charge in [-0.1, -0.05) is 42.5 Å². The summed E-state index contributed by atoms with van der Waals surface area (Å²) in [5.74, 6) is -0.990. The minimum atomic E-state index is -3.37. The monoisotopic (exact) mass is 359 g/mol. The minimum absolute atomic E-state index is 0.163. The highest BCUT2D eigenvalue weighted by Crippen LogP contribution is 2.32. The standard InChI is InChI=1S/C19H21NO4S/c1-13-17(11-14-7-9-16(10-8-14)19(21)22)25(23,24)18(12-20-13)15-5-3-2-4-6-15/h2-10,13,17-18,20H,11-12H2,1H3,(H,21,22)/t13-,17?,18?/m0/s1. The second-order valence-corrected chi connectivity index (χ2v) is 8.78. The number of carboxylic acid groups (broad SMARTS) is 1. The fourth-order valence-electron chi connectivity index (χ4n) is 3.32. The molecule has 5 nitrogen and oxygen atoms in total. The lowest BCUT2D eigenvalue weighted by atomic mass is 10.0. The van der Waals surface area contributed by atoms with Gasteiger partial charge in [0.2, 0.25) is 0 Å². The van der Waals surface area contributed by atoms with Crippen LogP contribution in [0.5, 0.6) is 0 Å². The summed E-state index contributed by atoms with van der Waals surface area (Å²) < 4.78 is 26.3. The molecule has 1 saturated heterocycles. The van der Waals surface area contributed by atoms with Crippen LogP contribution in [-0.4, -0.2) is 37.3 Å². The molecule has 2 aromatic rings. The summed E-state index contributed by atoms with van der Waals surface area (Å²) in [6, 6.07) is 15.5. The predicted octanol–water partition coefficient (Wildman–Crippen LogP) is 2.44. The summed E-state index contributed by atoms with van der Waals surface area (Å²) in [5, 5.41) is 11.2. The molecule has 1 heterocycles. The van der Waals surface area contributed by atoms with Crippen molar-refractivity contribution < 1.29 is 18.3 Å². The normalized spacial score (nSPS) is 25.4. The van der Waals surface area contributed by atoms with E-state index in [0.29, 0.717) is 13.0 Å². The summed E-state index contributed by atoms with van der Waals surface area (Å²) in [6.45, 7) is 2.29. The Labute approximate surface area is 147 Å². The third kappa shape index (κ3) is 3.60. The van der Waals surface area contributed by atoms with E-state index in [1.165, 1.54) is 12.1 Å². The molecule has 6 heteroatoms. The van der Waals surface area contributed by atoms with Crippen molar-refractivity contribution in [1.29, 1.82) is 0 Å². The summed E-state index contributed by atoms with van der Waals surface area (Å²) >= 11 is 0. The van der Waals surface area contributed by atoms with Gasteiger partial charge in [-0.3, -0.25) is 0 Å². The van der Waals surface area contributed by atoms with E-state index in [0.717, 1.165) is 11.1 Å². The van der Waals surface area contributed by atoms with E-state index >= 15 is 0 Å². The largest absolute Gasteiger partial charge is 0.478 e. The van der Waals surface area contributed by atoms with Crippen LogP contribution in [0.3, 0.4) is 0 Å². The summed E-state index contributed by atoms with van der Waals surface area (Å²) in [6.07, 6.45) is 0.361. The summed E-state index contributed by atoms with van der Waals surface area (Å²) in [7, 11) is -3.37. The Hall–Kier alpha value is -2.18. The van der Waals surface area contributed by atoms with Gasteiger partial charge in [-0.2, -0.15) is 0 Å². The smallest absolute Gasteiger partial charge is 0.335 e. The van der Waals surface area contributed by atoms with Crippen molar-refractivity contribution in [1.82, 2.24) is 5.32 Å². The Bertz CT molecular complexity index is 847. The number of aromatic carboxylic acids is 1. The Morgan fingerprint density at radius 1 is 1.12 bits per heavy atom. The topological polar surface area (TPSA) is 83.5 Å². The van der Waals surface area contributed by atoms with Gasteiger partial charge in [0.15, 0.2) is 9.84 Å². The molecule has 1 fully saturated rings. The van der Waals surface area contributed by atoms with Crippen LogP contribution in [0.2, 0.25) is 0 Å². The lowest BCUT2D eigenvalue weighted by Gasteiger charge is -2.35. The number of carboxylic acids is 1. The van der Waals surface area contributed by atoms with Gasteiger partial charge in [-0.05, 0) is 36.6 Å². The fraction of sp³-hybridized carbons (Fsp3) is 0.316. The molecule has 3 atom stereocenters. The van der Waals surface area contributed by atoms with Crippen LogP contribution in [0.15, 0.2) is 54.6 Å². The van der Waals surface area contributed by atoms with Crippen LogP contribution in [0, 0.1) is 0 Å². The maximum Gasteiger partial charge on any atom is 0.335 e. The molecule has 0 bridgehead atoms. The van der Waals surface area contributed by atoms with Crippen LogP contribution in [0.25, 0.3) is 0 Å². The molecular weight excluding hydrogens is 338 g/mol. The molecule has 0 radical (unpaired) electrons. The number of carbonyl (C=O) groups is 1. The van der Waals surface area contributed by atoms with Crippen LogP contribution >= 0.6 is 0 Å². The zero-order valence-electron chi connectivity index (χ0n) is 13.9. The molecule has 25 heavy (non-hydrogen) atoms. The lowest BCUT2D eigenvalue weighted by molar-refractivity contribution is 0.0697. The summed E-state index contributed by atoms with van der Waals surface area (Å²) in [4.78, 5) is 11.0. The fourth-order valence-corrected chi connectivity index (χ4v) is 5.70. The second-order valence-electron chi connectivity index (χ2n) is 6.43. The van der Waals surface area contributed by atoms with E-state index in [-0.39, 0.29) is 11.6 Å². The quantitative estimate of drug-likeness (QED) is 0.876. The first-order valence-electron chi connectivity index (χ1n) is 8.23. The van der Waals surface area contributed by atoms with Gasteiger partial charge in [-0.25, -0.2) is 13.2 Å². The Balaban J connectivity index is 1.87. The molecule has 0 aliphatic carbocycles. The van der Waals surface area contributed by atoms with Crippen molar-refractivity contribution in [3.8, 4) is 0 Å². The first kappa shape index (κ1) is 17.6. The third-order valence-corrected chi connectivity index (χ3v) is 7.46. The number of hydrogen-bond donors (Lipinski definition) is 2. The van der Waals surface area contributed by atoms with Crippen molar-refractivity contribution in [3.05, 3.63) is 71.3 Å². The van der Waals surface area contributed by atoms with E-state index in [4.69, 9.17) is 5.11 Å². The summed E-state index contributed by atoms with van der Waals surface area (Å²) in [5.41, 5.74) is 1.82. The average molecular weight is 359 g/mol. The molecule has 0 amide bonds. The van der Waals surface area contributed by atoms with Crippen molar-refractivity contribution in [2.24, 2.45) is 0 Å². The Morgan fingerprint density at radius 2 is 1.76 bits per heavy atom. The molecule has 0 spiro atoms. The molecular formula is C19H21NO4S. The predicted molar refractivity (Wildman–Crippen MR) is 96.5 cm³/mol. The SMILES string of the molecule is C[C@@H]1NCC(c2ccccc2)S(=O)(=O)C1Cc1ccc(C(=O)O)cc1. The van der Waals surface area contributed by atoms with Gasteiger partial charge in [0, 0.05) is 12.6 Å². The number of sulfone groups is 1. The van der Waals surface area contributed by atoms with Gasteiger partial charge in [0.05, 0.1) is 16.1 Å². The highest BCUT2D eigenvalue weighted by atomic mass is 32.2. The molecule has 0 aromatic heterocycles. The Kier molecular flexibility index (Phi) is 4.92. The van der Waals surface area contributed by atoms with Crippen molar-refractivity contribution in [3.63, 3.8) is 0 Å². The molecule has 1 aliphatic rings. The molecule has 3 rings (SSSR count). The highest BCUT2D eigenvalue weighted by molar-refractivity contribution is 7.92. The second kappa shape index (κ2) is 6.98. The van der Waals surface area contributed by atoms with Gasteiger partial charge in [-0.15, -0.1) is 0 Å². The van der Waals surface area contributed by atoms with Crippen LogP contribution < -0.4 is 5.32 Å². The van der Waals surface area contributed by atoms with Crippen LogP contribution in [-0.2, 0) is 16.3 Å². The number of benzene rings is 2. The van der Waals surface area contributed by atoms with E-state index < -0.39 is 26.3 Å². The van der Waals surface area contributed by atoms with Crippen LogP contribution in [0.1, 0.15) is 33.7 Å². The minimum Gasteiger partial charge on any atom is -0.478 e. The Morgan fingerprint density at radius 3 is 2.36 bits per heavy atom. The zero-order valence-corrected chi connectivity index (χ0v) is 14.7. The number of rotatable bonds is 4. The maximum atomic E-state index is 13.2. The van der Waals surface area contributed by atoms with E-state index in [9.17, 15) is 13.2 Å². The van der Waals surface area contributed by atoms with Crippen molar-refractivity contribution >= 4 is 15.8 Å². The van der Waals surface area contributed by atoms with E-state index in [1.54, 1.807) is 12.1 Å². The zero-order chi connectivity index (χ0) is 18.0. The lowest BCUT2D eigenvalue weighted by Crippen LogP contribution is -2.52. The molecule has 1 aliphatic heterocycles. The van der Waals surface area contributed by atoms with Crippen molar-refractivity contribution in [2.75, 3.05) is 6.54 Å². The van der Waals surface area contributed by atoms with Crippen molar-refractivity contribution in [2.45, 2.75) is 29.9 Å².